The van der Waals surface area contributed by atoms with Gasteiger partial charge in [-0.05, 0) is 100 Å². The van der Waals surface area contributed by atoms with Crippen molar-refractivity contribution in [3.05, 3.63) is 75.5 Å². The second-order valence-corrected chi connectivity index (χ2v) is 17.3. The minimum Gasteiger partial charge on any atom is -0.371 e. The van der Waals surface area contributed by atoms with E-state index in [0.717, 1.165) is 71.0 Å². The van der Waals surface area contributed by atoms with E-state index in [1.54, 1.807) is 29.2 Å². The van der Waals surface area contributed by atoms with Gasteiger partial charge in [-0.25, -0.2) is 9.49 Å². The third kappa shape index (κ3) is 8.26. The average Bonchev–Trinajstić information content (AvgIpc) is 3.24. The summed E-state index contributed by atoms with van der Waals surface area (Å²) in [5.74, 6) is -0.267. The van der Waals surface area contributed by atoms with Gasteiger partial charge in [0.1, 0.15) is 5.82 Å². The van der Waals surface area contributed by atoms with E-state index in [9.17, 15) is 19.2 Å². The highest BCUT2D eigenvalue weighted by Gasteiger charge is 2.51. The van der Waals surface area contributed by atoms with Crippen molar-refractivity contribution in [3.8, 4) is 0 Å². The van der Waals surface area contributed by atoms with E-state index >= 15 is 4.39 Å². The molecule has 4 N–H and O–H groups in total. The molecule has 56 heavy (non-hydrogen) atoms. The lowest BCUT2D eigenvalue weighted by atomic mass is 9.70. The van der Waals surface area contributed by atoms with E-state index in [-0.39, 0.29) is 40.0 Å². The highest BCUT2D eigenvalue weighted by molar-refractivity contribution is 5.95. The standard InChI is InChI=1S/C43H56FN7O5/c44-35-11-10-30(25-36-32-8-4-5-9-33(32)39(53)48-47-36)24-34(35)41(55)51-22-20-50(21-23-51)37(52)26-29-12-18-49(19-13-29)27-43-16-14-42(15-17-43,28-56-43)46-40(54)38(45)31-6-2-1-3-7-31/h4-5,8-11,24,29,31,38H,1-3,6-7,12-23,25-28,45H2,(H,46,54)(H,48,53)/t38-,42?,43?/m1/s1. The SMILES string of the molecule is N[C@@H](C(=O)NC12CCC(CN3CCC(CC(=O)N4CCN(C(=O)c5cc(Cc6n[nH]c(=O)c7ccccc67)ccc5F)CC4)CC3)(CC1)OC2)C1CCCCC1. The van der Waals surface area contributed by atoms with Crippen LogP contribution in [0.1, 0.15) is 98.7 Å². The highest BCUT2D eigenvalue weighted by Crippen LogP contribution is 2.44. The summed E-state index contributed by atoms with van der Waals surface area (Å²) < 4.78 is 21.6. The first-order chi connectivity index (χ1) is 27.1. The Morgan fingerprint density at radius 1 is 0.911 bits per heavy atom. The van der Waals surface area contributed by atoms with Crippen molar-refractivity contribution < 1.29 is 23.5 Å². The normalized spacial score (nSPS) is 25.7. The molecule has 1 aromatic heterocycles. The molecule has 3 aromatic rings. The number of aromatic amines is 1. The summed E-state index contributed by atoms with van der Waals surface area (Å²) in [6, 6.07) is 11.3. The first-order valence-corrected chi connectivity index (χ1v) is 20.9. The van der Waals surface area contributed by atoms with Crippen molar-refractivity contribution >= 4 is 28.5 Å². The Morgan fingerprint density at radius 2 is 1.61 bits per heavy atom. The molecule has 0 radical (unpaired) electrons. The van der Waals surface area contributed by atoms with Gasteiger partial charge >= 0.3 is 0 Å². The topological polar surface area (TPSA) is 154 Å². The fourth-order valence-electron chi connectivity index (χ4n) is 9.99. The number of likely N-dealkylation sites (tertiary alicyclic amines) is 1. The molecule has 300 valence electrons. The minimum absolute atomic E-state index is 0.00477. The summed E-state index contributed by atoms with van der Waals surface area (Å²) in [7, 11) is 0. The van der Waals surface area contributed by atoms with Crippen LogP contribution in [0.2, 0.25) is 0 Å². The minimum atomic E-state index is -0.590. The van der Waals surface area contributed by atoms with E-state index in [4.69, 9.17) is 10.5 Å². The Bertz CT molecular complexity index is 1960. The van der Waals surface area contributed by atoms with Gasteiger partial charge in [-0.3, -0.25) is 19.2 Å². The van der Waals surface area contributed by atoms with Gasteiger partial charge in [-0.2, -0.15) is 5.10 Å². The average molecular weight is 770 g/mol. The number of halogens is 1. The number of hydrogen-bond acceptors (Lipinski definition) is 8. The van der Waals surface area contributed by atoms with Crippen LogP contribution in [0.15, 0.2) is 47.3 Å². The number of nitrogens with zero attached hydrogens (tertiary/aromatic N) is 4. The third-order valence-corrected chi connectivity index (χ3v) is 13.6. The van der Waals surface area contributed by atoms with E-state index in [0.29, 0.717) is 73.6 Å². The van der Waals surface area contributed by atoms with Crippen molar-refractivity contribution in [2.75, 3.05) is 52.4 Å². The maximum atomic E-state index is 15.0. The lowest BCUT2D eigenvalue weighted by molar-refractivity contribution is -0.176. The second-order valence-electron chi connectivity index (χ2n) is 17.3. The summed E-state index contributed by atoms with van der Waals surface area (Å²) >= 11 is 0. The van der Waals surface area contributed by atoms with Crippen LogP contribution in [0.4, 0.5) is 4.39 Å². The number of benzene rings is 2. The fraction of sp³-hybridized carbons (Fsp3) is 0.605. The number of H-pyrrole nitrogens is 1. The molecule has 13 heteroatoms. The number of amides is 3. The van der Waals surface area contributed by atoms with Crippen LogP contribution in [0, 0.1) is 17.7 Å². The Morgan fingerprint density at radius 3 is 2.30 bits per heavy atom. The van der Waals surface area contributed by atoms with Gasteiger partial charge in [0.25, 0.3) is 11.5 Å². The van der Waals surface area contributed by atoms with Crippen LogP contribution < -0.4 is 16.6 Å². The van der Waals surface area contributed by atoms with Gasteiger partial charge in [-0.1, -0.05) is 43.5 Å². The molecule has 6 aliphatic rings. The molecule has 1 atom stereocenters. The van der Waals surface area contributed by atoms with Gasteiger partial charge < -0.3 is 30.5 Å². The number of piperazine rings is 1. The predicted molar refractivity (Wildman–Crippen MR) is 210 cm³/mol. The Balaban J connectivity index is 0.770. The lowest BCUT2D eigenvalue weighted by Crippen LogP contribution is -2.67. The smallest absolute Gasteiger partial charge is 0.272 e. The van der Waals surface area contributed by atoms with Crippen molar-refractivity contribution in [1.82, 2.24) is 30.2 Å². The van der Waals surface area contributed by atoms with Crippen LogP contribution in [-0.4, -0.2) is 112 Å². The third-order valence-electron chi connectivity index (χ3n) is 13.6. The number of carbonyl (C=O) groups excluding carboxylic acids is 3. The zero-order valence-electron chi connectivity index (χ0n) is 32.4. The number of ether oxygens (including phenoxy) is 1. The molecule has 12 nitrogen and oxygen atoms in total. The second kappa shape index (κ2) is 16.3. The summed E-state index contributed by atoms with van der Waals surface area (Å²) in [6.45, 7) is 4.84. The first-order valence-electron chi connectivity index (χ1n) is 20.9. The van der Waals surface area contributed by atoms with Crippen LogP contribution >= 0.6 is 0 Å². The number of carbonyl (C=O) groups is 3. The molecule has 4 aliphatic heterocycles. The molecule has 9 rings (SSSR count). The maximum absolute atomic E-state index is 15.0. The number of fused-ring (bicyclic) bond motifs is 4. The molecule has 0 spiro atoms. The van der Waals surface area contributed by atoms with Gasteiger partial charge in [0.2, 0.25) is 11.8 Å². The zero-order chi connectivity index (χ0) is 38.9. The quantitative estimate of drug-likeness (QED) is 0.278. The first kappa shape index (κ1) is 38.7. The van der Waals surface area contributed by atoms with Gasteiger partial charge in [0.15, 0.2) is 0 Å². The van der Waals surface area contributed by atoms with Crippen LogP contribution in [0.25, 0.3) is 10.8 Å². The van der Waals surface area contributed by atoms with Crippen molar-refractivity contribution in [2.45, 2.75) is 101 Å². The summed E-state index contributed by atoms with van der Waals surface area (Å²) in [5, 5.41) is 11.3. The van der Waals surface area contributed by atoms with Gasteiger partial charge in [-0.15, -0.1) is 0 Å². The molecule has 2 aliphatic carbocycles. The number of nitrogens with one attached hydrogen (secondary N) is 2. The molecule has 5 heterocycles. The fourth-order valence-corrected chi connectivity index (χ4v) is 9.99. The molecule has 6 fully saturated rings. The molecule has 2 bridgehead atoms. The molecular weight excluding hydrogens is 714 g/mol. The van der Waals surface area contributed by atoms with Gasteiger partial charge in [0.05, 0.1) is 40.4 Å². The molecular formula is C43H56FN7O5. The molecule has 3 amide bonds. The Kier molecular flexibility index (Phi) is 11.3. The molecule has 2 saturated carbocycles. The summed E-state index contributed by atoms with van der Waals surface area (Å²) in [4.78, 5) is 58.2. The number of aromatic nitrogens is 2. The largest absolute Gasteiger partial charge is 0.371 e. The number of piperidine rings is 1. The maximum Gasteiger partial charge on any atom is 0.272 e. The predicted octanol–water partition coefficient (Wildman–Crippen LogP) is 4.15. The summed E-state index contributed by atoms with van der Waals surface area (Å²) in [6.07, 6.45) is 12.1. The van der Waals surface area contributed by atoms with E-state index in [1.165, 1.54) is 25.3 Å². The van der Waals surface area contributed by atoms with E-state index in [2.05, 4.69) is 20.4 Å². The van der Waals surface area contributed by atoms with Gasteiger partial charge in [0, 0.05) is 51.0 Å². The number of rotatable bonds is 10. The monoisotopic (exact) mass is 769 g/mol. The molecule has 0 unspecified atom stereocenters. The number of hydrogen-bond donors (Lipinski definition) is 3. The lowest BCUT2D eigenvalue weighted by Gasteiger charge is -2.55. The Hall–Kier alpha value is -4.20. The van der Waals surface area contributed by atoms with Crippen molar-refractivity contribution in [1.29, 1.82) is 0 Å². The van der Waals surface area contributed by atoms with Crippen molar-refractivity contribution in [2.24, 2.45) is 17.6 Å². The Labute approximate surface area is 327 Å². The van der Waals surface area contributed by atoms with E-state index in [1.807, 2.05) is 17.0 Å². The van der Waals surface area contributed by atoms with Crippen molar-refractivity contribution in [3.63, 3.8) is 0 Å². The van der Waals surface area contributed by atoms with Crippen LogP contribution in [0.3, 0.4) is 0 Å². The molecule has 2 aromatic carbocycles. The van der Waals surface area contributed by atoms with Crippen LogP contribution in [-0.2, 0) is 20.7 Å². The number of nitrogens with two attached hydrogens (primary N) is 1. The highest BCUT2D eigenvalue weighted by atomic mass is 19.1. The van der Waals surface area contributed by atoms with Crippen LogP contribution in [0.5, 0.6) is 0 Å². The summed E-state index contributed by atoms with van der Waals surface area (Å²) in [5.41, 5.74) is 7.04. The molecule has 4 saturated heterocycles. The van der Waals surface area contributed by atoms with E-state index < -0.39 is 17.8 Å². The zero-order valence-corrected chi connectivity index (χ0v) is 32.4.